The monoisotopic (exact) mass is 478 g/mol. The van der Waals surface area contributed by atoms with Gasteiger partial charge in [-0.3, -0.25) is 4.79 Å². The molecule has 0 aliphatic carbocycles. The van der Waals surface area contributed by atoms with Crippen molar-refractivity contribution >= 4 is 11.0 Å². The number of aromatic hydroxyl groups is 2. The lowest BCUT2D eigenvalue weighted by atomic mass is 10.00. The van der Waals surface area contributed by atoms with Crippen molar-refractivity contribution in [2.45, 2.75) is 64.5 Å². The highest BCUT2D eigenvalue weighted by atomic mass is 16.3. The standard InChI is InChI=1S/C29H36N2O4/c32-24-18-25(21-12-6-5-7-13-21)35-29-23(20-31-16-10-3-4-11-17-31)27(33)22(28(34)26(24)29)19-30-14-8-1-2-9-15-30/h5-7,12-13,18,33-34H,1-4,8-11,14-17,19-20H2/p+2. The summed E-state index contributed by atoms with van der Waals surface area (Å²) in [6.07, 6.45) is 9.57. The average molecular weight is 479 g/mol. The fraction of sp³-hybridized carbons (Fsp3) is 0.483. The highest BCUT2D eigenvalue weighted by Gasteiger charge is 2.29. The lowest BCUT2D eigenvalue weighted by Crippen LogP contribution is -3.10. The van der Waals surface area contributed by atoms with Crippen LogP contribution in [0.4, 0.5) is 0 Å². The van der Waals surface area contributed by atoms with E-state index in [9.17, 15) is 15.0 Å². The van der Waals surface area contributed by atoms with Gasteiger partial charge >= 0.3 is 0 Å². The van der Waals surface area contributed by atoms with E-state index >= 15 is 0 Å². The van der Waals surface area contributed by atoms with Crippen molar-refractivity contribution in [1.82, 2.24) is 0 Å². The first-order valence-corrected chi connectivity index (χ1v) is 13.4. The molecule has 2 saturated heterocycles. The number of hydrogen-bond donors (Lipinski definition) is 4. The van der Waals surface area contributed by atoms with E-state index in [1.165, 1.54) is 41.5 Å². The van der Waals surface area contributed by atoms with Gasteiger partial charge in [0.1, 0.15) is 35.7 Å². The first-order chi connectivity index (χ1) is 17.1. The van der Waals surface area contributed by atoms with E-state index in [0.29, 0.717) is 35.6 Å². The van der Waals surface area contributed by atoms with Crippen LogP contribution in [0, 0.1) is 0 Å². The Bertz CT molecular complexity index is 1210. The van der Waals surface area contributed by atoms with Gasteiger partial charge in [-0.2, -0.15) is 0 Å². The predicted molar refractivity (Wildman–Crippen MR) is 137 cm³/mol. The quantitative estimate of drug-likeness (QED) is 0.455. The summed E-state index contributed by atoms with van der Waals surface area (Å²) in [4.78, 5) is 16.1. The number of phenolic OH excluding ortho intramolecular Hbond substituents is 2. The minimum atomic E-state index is -0.262. The van der Waals surface area contributed by atoms with E-state index in [1.807, 2.05) is 30.3 Å². The lowest BCUT2D eigenvalue weighted by molar-refractivity contribution is -0.913. The molecule has 1 aromatic heterocycles. The zero-order chi connectivity index (χ0) is 24.2. The maximum absolute atomic E-state index is 13.4. The predicted octanol–water partition coefficient (Wildman–Crippen LogP) is 2.79. The molecule has 2 fully saturated rings. The van der Waals surface area contributed by atoms with Crippen LogP contribution in [0.25, 0.3) is 22.3 Å². The lowest BCUT2D eigenvalue weighted by Gasteiger charge is -2.22. The highest BCUT2D eigenvalue weighted by Crippen LogP contribution is 2.39. The van der Waals surface area contributed by atoms with Gasteiger partial charge in [-0.15, -0.1) is 0 Å². The van der Waals surface area contributed by atoms with Crippen molar-refractivity contribution in [1.29, 1.82) is 0 Å². The molecule has 6 nitrogen and oxygen atoms in total. The molecular weight excluding hydrogens is 440 g/mol. The van der Waals surface area contributed by atoms with Gasteiger partial charge in [0, 0.05) is 11.6 Å². The van der Waals surface area contributed by atoms with Crippen LogP contribution in [0.1, 0.15) is 62.5 Å². The number of nitrogens with one attached hydrogen (secondary N) is 2. The van der Waals surface area contributed by atoms with Crippen LogP contribution in [0.3, 0.4) is 0 Å². The van der Waals surface area contributed by atoms with Crippen molar-refractivity contribution in [2.24, 2.45) is 0 Å². The average Bonchev–Trinajstić information content (AvgIpc) is 3.29. The third-order valence-electron chi connectivity index (χ3n) is 7.85. The Labute approximate surface area is 206 Å². The van der Waals surface area contributed by atoms with E-state index in [0.717, 1.165) is 57.4 Å². The molecular formula is C29H38N2O4+2. The molecule has 2 aromatic carbocycles. The van der Waals surface area contributed by atoms with Crippen LogP contribution in [0.5, 0.6) is 11.5 Å². The number of hydrogen-bond acceptors (Lipinski definition) is 4. The number of fused-ring (bicyclic) bond motifs is 1. The summed E-state index contributed by atoms with van der Waals surface area (Å²) in [6, 6.07) is 11.0. The summed E-state index contributed by atoms with van der Waals surface area (Å²) in [5, 5.41) is 23.1. The number of rotatable bonds is 5. The number of benzene rings is 2. The van der Waals surface area contributed by atoms with Gasteiger partial charge < -0.3 is 24.4 Å². The Morgan fingerprint density at radius 1 is 0.714 bits per heavy atom. The fourth-order valence-corrected chi connectivity index (χ4v) is 5.87. The molecule has 6 heteroatoms. The summed E-state index contributed by atoms with van der Waals surface area (Å²) in [5.41, 5.74) is 2.03. The Morgan fingerprint density at radius 3 is 1.83 bits per heavy atom. The van der Waals surface area contributed by atoms with E-state index < -0.39 is 0 Å². The molecule has 35 heavy (non-hydrogen) atoms. The van der Waals surface area contributed by atoms with Crippen molar-refractivity contribution in [3.63, 3.8) is 0 Å². The van der Waals surface area contributed by atoms with Gasteiger partial charge in [0.25, 0.3) is 0 Å². The molecule has 0 atom stereocenters. The molecule has 0 unspecified atom stereocenters. The summed E-state index contributed by atoms with van der Waals surface area (Å²) in [7, 11) is 0. The van der Waals surface area contributed by atoms with Crippen molar-refractivity contribution in [3.05, 3.63) is 57.7 Å². The number of likely N-dealkylation sites (tertiary alicyclic amines) is 2. The summed E-state index contributed by atoms with van der Waals surface area (Å²) < 4.78 is 6.32. The summed E-state index contributed by atoms with van der Waals surface area (Å²) in [5.74, 6) is 0.453. The van der Waals surface area contributed by atoms with Gasteiger partial charge in [-0.25, -0.2) is 0 Å². The Morgan fingerprint density at radius 2 is 1.26 bits per heavy atom. The number of phenols is 2. The molecule has 0 spiro atoms. The van der Waals surface area contributed by atoms with Crippen molar-refractivity contribution < 1.29 is 24.4 Å². The van der Waals surface area contributed by atoms with Crippen LogP contribution < -0.4 is 15.2 Å². The smallest absolute Gasteiger partial charge is 0.197 e. The topological polar surface area (TPSA) is 79.5 Å². The van der Waals surface area contributed by atoms with Crippen molar-refractivity contribution in [2.75, 3.05) is 26.2 Å². The van der Waals surface area contributed by atoms with Gasteiger partial charge in [0.05, 0.1) is 37.3 Å². The minimum Gasteiger partial charge on any atom is -0.507 e. The van der Waals surface area contributed by atoms with E-state index in [1.54, 1.807) is 0 Å². The minimum absolute atomic E-state index is 0.108. The molecule has 0 saturated carbocycles. The molecule has 0 bridgehead atoms. The third kappa shape index (κ3) is 5.24. The molecule has 3 aromatic rings. The first-order valence-electron chi connectivity index (χ1n) is 13.4. The second-order valence-electron chi connectivity index (χ2n) is 10.4. The normalized spacial score (nSPS) is 18.4. The van der Waals surface area contributed by atoms with Crippen LogP contribution in [0.15, 0.2) is 45.6 Å². The summed E-state index contributed by atoms with van der Waals surface area (Å²) in [6.45, 7) is 5.23. The Hall–Kier alpha value is -2.83. The van der Waals surface area contributed by atoms with Crippen LogP contribution in [-0.4, -0.2) is 36.4 Å². The zero-order valence-corrected chi connectivity index (χ0v) is 20.6. The van der Waals surface area contributed by atoms with E-state index in [-0.39, 0.29) is 22.3 Å². The molecule has 0 radical (unpaired) electrons. The van der Waals surface area contributed by atoms with E-state index in [2.05, 4.69) is 0 Å². The van der Waals surface area contributed by atoms with Crippen LogP contribution >= 0.6 is 0 Å². The molecule has 2 aliphatic heterocycles. The Kier molecular flexibility index (Phi) is 7.40. The highest BCUT2D eigenvalue weighted by molar-refractivity contribution is 5.91. The molecule has 5 rings (SSSR count). The molecule has 4 N–H and O–H groups in total. The van der Waals surface area contributed by atoms with Crippen LogP contribution in [0.2, 0.25) is 0 Å². The van der Waals surface area contributed by atoms with Crippen molar-refractivity contribution in [3.8, 4) is 22.8 Å². The SMILES string of the molecule is O=c1cc(-c2ccccc2)oc2c(C[NH+]3CCCCCC3)c(O)c(C[NH+]3CCCCCC3)c(O)c12. The maximum Gasteiger partial charge on any atom is 0.197 e. The van der Waals surface area contributed by atoms with Gasteiger partial charge in [-0.05, 0) is 51.4 Å². The fourth-order valence-electron chi connectivity index (χ4n) is 5.87. The second-order valence-corrected chi connectivity index (χ2v) is 10.4. The van der Waals surface area contributed by atoms with Crippen LogP contribution in [-0.2, 0) is 13.1 Å². The zero-order valence-electron chi connectivity index (χ0n) is 20.6. The van der Waals surface area contributed by atoms with Gasteiger partial charge in [0.2, 0.25) is 0 Å². The van der Waals surface area contributed by atoms with Gasteiger partial charge in [-0.1, -0.05) is 30.3 Å². The second kappa shape index (κ2) is 10.8. The molecule has 0 amide bonds. The maximum atomic E-state index is 13.4. The van der Waals surface area contributed by atoms with E-state index in [4.69, 9.17) is 4.42 Å². The first kappa shape index (κ1) is 23.9. The molecule has 2 aliphatic rings. The summed E-state index contributed by atoms with van der Waals surface area (Å²) >= 11 is 0. The third-order valence-corrected chi connectivity index (χ3v) is 7.85. The number of quaternary nitrogens is 2. The van der Waals surface area contributed by atoms with Gasteiger partial charge in [0.15, 0.2) is 11.0 Å². The Balaban J connectivity index is 1.65. The molecule has 186 valence electrons. The molecule has 3 heterocycles. The largest absolute Gasteiger partial charge is 0.507 e.